The van der Waals surface area contributed by atoms with Crippen LogP contribution in [-0.2, 0) is 0 Å². The number of hydrogen-bond donors (Lipinski definition) is 2. The number of oxime groups is 1. The number of aryl methyl sites for hydroxylation is 1. The van der Waals surface area contributed by atoms with Crippen molar-refractivity contribution in [2.45, 2.75) is 6.92 Å². The van der Waals surface area contributed by atoms with E-state index in [1.54, 1.807) is 0 Å². The first-order chi connectivity index (χ1) is 5.65. The molecule has 0 aliphatic carbocycles. The van der Waals surface area contributed by atoms with E-state index in [-0.39, 0.29) is 5.84 Å². The first kappa shape index (κ1) is 9.31. The predicted molar refractivity (Wildman–Crippen MR) is 56.4 cm³/mol. The summed E-state index contributed by atoms with van der Waals surface area (Å²) in [4.78, 5) is 0. The van der Waals surface area contributed by atoms with Gasteiger partial charge in [-0.1, -0.05) is 11.2 Å². The van der Waals surface area contributed by atoms with E-state index in [9.17, 15) is 0 Å². The van der Waals surface area contributed by atoms with Crippen molar-refractivity contribution in [2.24, 2.45) is 10.9 Å². The number of rotatable bonds is 1. The van der Waals surface area contributed by atoms with Crippen LogP contribution in [0.15, 0.2) is 23.4 Å². The molecule has 64 valence electrons. The molecule has 0 saturated carbocycles. The summed E-state index contributed by atoms with van der Waals surface area (Å²) in [6, 6.07) is 5.64. The van der Waals surface area contributed by atoms with Crippen LogP contribution in [0, 0.1) is 10.5 Å². The molecular weight excluding hydrogens is 267 g/mol. The van der Waals surface area contributed by atoms with E-state index in [1.165, 1.54) is 3.57 Å². The molecule has 0 fully saturated rings. The molecule has 0 aliphatic rings. The Kier molecular flexibility index (Phi) is 2.91. The Labute approximate surface area is 84.4 Å². The van der Waals surface area contributed by atoms with Gasteiger partial charge in [-0.05, 0) is 47.2 Å². The monoisotopic (exact) mass is 276 g/mol. The molecule has 3 nitrogen and oxygen atoms in total. The minimum absolute atomic E-state index is 0.148. The Morgan fingerprint density at radius 1 is 1.58 bits per heavy atom. The molecule has 0 heterocycles. The average Bonchev–Trinajstić information content (AvgIpc) is 2.08. The van der Waals surface area contributed by atoms with E-state index >= 15 is 0 Å². The maximum atomic E-state index is 8.41. The van der Waals surface area contributed by atoms with E-state index in [0.29, 0.717) is 0 Å². The Balaban J connectivity index is 3.13. The van der Waals surface area contributed by atoms with Gasteiger partial charge >= 0.3 is 0 Å². The number of amidine groups is 1. The number of benzene rings is 1. The molecule has 0 saturated heterocycles. The molecule has 4 heteroatoms. The topological polar surface area (TPSA) is 58.6 Å². The van der Waals surface area contributed by atoms with Crippen LogP contribution in [0.2, 0.25) is 0 Å². The molecule has 1 aromatic rings. The second-order valence-corrected chi connectivity index (χ2v) is 3.61. The largest absolute Gasteiger partial charge is 0.409 e. The van der Waals surface area contributed by atoms with Gasteiger partial charge in [0.2, 0.25) is 0 Å². The maximum absolute atomic E-state index is 8.41. The molecule has 3 N–H and O–H groups in total. The second-order valence-electron chi connectivity index (χ2n) is 2.45. The smallest absolute Gasteiger partial charge is 0.170 e. The zero-order valence-electron chi connectivity index (χ0n) is 6.58. The normalized spacial score (nSPS) is 11.7. The lowest BCUT2D eigenvalue weighted by atomic mass is 10.1. The number of halogens is 1. The van der Waals surface area contributed by atoms with Gasteiger partial charge in [0.25, 0.3) is 0 Å². The SMILES string of the molecule is Cc1cc(/C(N)=N/O)ccc1I. The van der Waals surface area contributed by atoms with Gasteiger partial charge in [-0.15, -0.1) is 0 Å². The Hall–Kier alpha value is -0.780. The molecule has 0 amide bonds. The van der Waals surface area contributed by atoms with E-state index < -0.39 is 0 Å². The second kappa shape index (κ2) is 3.75. The Bertz CT molecular complexity index is 323. The highest BCUT2D eigenvalue weighted by Gasteiger charge is 2.00. The highest BCUT2D eigenvalue weighted by Crippen LogP contribution is 2.12. The van der Waals surface area contributed by atoms with Gasteiger partial charge in [0.05, 0.1) is 0 Å². The zero-order valence-corrected chi connectivity index (χ0v) is 8.74. The van der Waals surface area contributed by atoms with E-state index in [1.807, 2.05) is 25.1 Å². The minimum Gasteiger partial charge on any atom is -0.409 e. The molecule has 1 rings (SSSR count). The summed E-state index contributed by atoms with van der Waals surface area (Å²) in [5.41, 5.74) is 7.28. The maximum Gasteiger partial charge on any atom is 0.170 e. The molecule has 1 aromatic carbocycles. The van der Waals surface area contributed by atoms with Gasteiger partial charge in [-0.3, -0.25) is 0 Å². The zero-order chi connectivity index (χ0) is 9.14. The molecule has 12 heavy (non-hydrogen) atoms. The van der Waals surface area contributed by atoms with Crippen molar-refractivity contribution >= 4 is 28.4 Å². The standard InChI is InChI=1S/C8H9IN2O/c1-5-4-6(8(10)11-12)2-3-7(5)9/h2-4,12H,1H3,(H2,10,11). The van der Waals surface area contributed by atoms with Crippen LogP contribution in [0.25, 0.3) is 0 Å². The van der Waals surface area contributed by atoms with Crippen LogP contribution in [0.1, 0.15) is 11.1 Å². The van der Waals surface area contributed by atoms with Crippen LogP contribution in [-0.4, -0.2) is 11.0 Å². The summed E-state index contributed by atoms with van der Waals surface area (Å²) in [6.07, 6.45) is 0. The molecule has 0 bridgehead atoms. The summed E-state index contributed by atoms with van der Waals surface area (Å²) in [5, 5.41) is 11.3. The lowest BCUT2D eigenvalue weighted by Crippen LogP contribution is -2.13. The van der Waals surface area contributed by atoms with Gasteiger partial charge in [0.1, 0.15) is 0 Å². The van der Waals surface area contributed by atoms with Gasteiger partial charge in [0, 0.05) is 9.13 Å². The lowest BCUT2D eigenvalue weighted by Gasteiger charge is -2.01. The summed E-state index contributed by atoms with van der Waals surface area (Å²) in [7, 11) is 0. The van der Waals surface area contributed by atoms with Crippen LogP contribution in [0.5, 0.6) is 0 Å². The summed E-state index contributed by atoms with van der Waals surface area (Å²) in [5.74, 6) is 0.148. The fraction of sp³-hybridized carbons (Fsp3) is 0.125. The van der Waals surface area contributed by atoms with E-state index in [0.717, 1.165) is 11.1 Å². The Morgan fingerprint density at radius 2 is 2.25 bits per heavy atom. The van der Waals surface area contributed by atoms with Crippen LogP contribution in [0.3, 0.4) is 0 Å². The first-order valence-corrected chi connectivity index (χ1v) is 4.47. The fourth-order valence-electron chi connectivity index (χ4n) is 0.862. The van der Waals surface area contributed by atoms with Crippen LogP contribution in [0.4, 0.5) is 0 Å². The molecule has 0 atom stereocenters. The van der Waals surface area contributed by atoms with Gasteiger partial charge in [0.15, 0.2) is 5.84 Å². The first-order valence-electron chi connectivity index (χ1n) is 3.39. The van der Waals surface area contributed by atoms with Crippen molar-refractivity contribution in [1.82, 2.24) is 0 Å². The van der Waals surface area contributed by atoms with Crippen molar-refractivity contribution in [1.29, 1.82) is 0 Å². The number of nitrogens with zero attached hydrogens (tertiary/aromatic N) is 1. The Morgan fingerprint density at radius 3 is 2.75 bits per heavy atom. The number of nitrogens with two attached hydrogens (primary N) is 1. The van der Waals surface area contributed by atoms with Crippen molar-refractivity contribution in [3.8, 4) is 0 Å². The third kappa shape index (κ3) is 1.88. The summed E-state index contributed by atoms with van der Waals surface area (Å²) in [6.45, 7) is 1.98. The summed E-state index contributed by atoms with van der Waals surface area (Å²) < 4.78 is 1.17. The van der Waals surface area contributed by atoms with Crippen molar-refractivity contribution < 1.29 is 5.21 Å². The van der Waals surface area contributed by atoms with Crippen LogP contribution < -0.4 is 5.73 Å². The quantitative estimate of drug-likeness (QED) is 0.269. The van der Waals surface area contributed by atoms with Gasteiger partial charge in [-0.2, -0.15) is 0 Å². The molecule has 0 aliphatic heterocycles. The lowest BCUT2D eigenvalue weighted by molar-refractivity contribution is 0.318. The highest BCUT2D eigenvalue weighted by molar-refractivity contribution is 14.1. The third-order valence-electron chi connectivity index (χ3n) is 1.56. The predicted octanol–water partition coefficient (Wildman–Crippen LogP) is 1.69. The van der Waals surface area contributed by atoms with Gasteiger partial charge in [-0.25, -0.2) is 0 Å². The molecular formula is C8H9IN2O. The third-order valence-corrected chi connectivity index (χ3v) is 2.77. The number of hydrogen-bond acceptors (Lipinski definition) is 2. The minimum atomic E-state index is 0.148. The molecule has 0 unspecified atom stereocenters. The summed E-state index contributed by atoms with van der Waals surface area (Å²) >= 11 is 2.23. The molecule has 0 spiro atoms. The van der Waals surface area contributed by atoms with E-state index in [2.05, 4.69) is 27.7 Å². The van der Waals surface area contributed by atoms with Crippen molar-refractivity contribution in [3.05, 3.63) is 32.9 Å². The van der Waals surface area contributed by atoms with E-state index in [4.69, 9.17) is 10.9 Å². The van der Waals surface area contributed by atoms with Gasteiger partial charge < -0.3 is 10.9 Å². The van der Waals surface area contributed by atoms with Crippen molar-refractivity contribution in [2.75, 3.05) is 0 Å². The van der Waals surface area contributed by atoms with Crippen molar-refractivity contribution in [3.63, 3.8) is 0 Å². The fourth-order valence-corrected chi connectivity index (χ4v) is 1.20. The molecule has 0 aromatic heterocycles. The highest BCUT2D eigenvalue weighted by atomic mass is 127. The average molecular weight is 276 g/mol. The molecule has 0 radical (unpaired) electrons. The van der Waals surface area contributed by atoms with Crippen LogP contribution >= 0.6 is 22.6 Å².